The van der Waals surface area contributed by atoms with Crippen molar-refractivity contribution in [2.45, 2.75) is 18.4 Å². The Kier molecular flexibility index (Phi) is 4.34. The van der Waals surface area contributed by atoms with Gasteiger partial charge in [0, 0.05) is 17.5 Å². The smallest absolute Gasteiger partial charge is 0.321 e. The summed E-state index contributed by atoms with van der Waals surface area (Å²) < 4.78 is 15.9. The van der Waals surface area contributed by atoms with Crippen LogP contribution in [0.15, 0.2) is 12.1 Å². The van der Waals surface area contributed by atoms with Crippen LogP contribution >= 0.6 is 0 Å². The molecule has 0 saturated carbocycles. The molecule has 1 aliphatic heterocycles. The van der Waals surface area contributed by atoms with Crippen LogP contribution in [-0.2, 0) is 4.79 Å². The summed E-state index contributed by atoms with van der Waals surface area (Å²) in [4.78, 5) is 11.3. The third kappa shape index (κ3) is 2.51. The van der Waals surface area contributed by atoms with Gasteiger partial charge in [0.25, 0.3) is 0 Å². The summed E-state index contributed by atoms with van der Waals surface area (Å²) in [7, 11) is 4.66. The molecule has 1 aliphatic rings. The van der Waals surface area contributed by atoms with Gasteiger partial charge in [0.15, 0.2) is 11.5 Å². The van der Waals surface area contributed by atoms with E-state index in [2.05, 4.69) is 5.32 Å². The maximum Gasteiger partial charge on any atom is 0.321 e. The van der Waals surface area contributed by atoms with Gasteiger partial charge in [-0.05, 0) is 19.0 Å². The first-order chi connectivity index (χ1) is 9.62. The van der Waals surface area contributed by atoms with Crippen molar-refractivity contribution < 1.29 is 24.1 Å². The Morgan fingerprint density at radius 2 is 1.75 bits per heavy atom. The first-order valence-corrected chi connectivity index (χ1v) is 6.38. The molecule has 0 aliphatic carbocycles. The Bertz CT molecular complexity index is 503. The molecule has 110 valence electrons. The largest absolute Gasteiger partial charge is 0.496 e. The molecule has 2 atom stereocenters. The van der Waals surface area contributed by atoms with Gasteiger partial charge in [-0.15, -0.1) is 0 Å². The summed E-state index contributed by atoms with van der Waals surface area (Å²) in [5, 5.41) is 12.3. The fourth-order valence-corrected chi connectivity index (χ4v) is 2.64. The standard InChI is InChI=1S/C14H19NO5/c1-18-10-7-12(20-3)11(19-2)6-9(10)8-4-5-15-13(8)14(16)17/h6-8,13,15H,4-5H2,1-3H3,(H,16,17). The van der Waals surface area contributed by atoms with Crippen molar-refractivity contribution in [3.8, 4) is 17.2 Å². The first-order valence-electron chi connectivity index (χ1n) is 6.38. The monoisotopic (exact) mass is 281 g/mol. The van der Waals surface area contributed by atoms with Crippen molar-refractivity contribution in [3.63, 3.8) is 0 Å². The molecule has 1 saturated heterocycles. The molecule has 2 rings (SSSR count). The van der Waals surface area contributed by atoms with Crippen LogP contribution in [0.2, 0.25) is 0 Å². The van der Waals surface area contributed by atoms with E-state index in [4.69, 9.17) is 14.2 Å². The average Bonchev–Trinajstić information content (AvgIpc) is 2.95. The van der Waals surface area contributed by atoms with Crippen molar-refractivity contribution >= 4 is 5.97 Å². The van der Waals surface area contributed by atoms with Crippen molar-refractivity contribution in [2.75, 3.05) is 27.9 Å². The zero-order chi connectivity index (χ0) is 14.7. The van der Waals surface area contributed by atoms with Gasteiger partial charge in [0.2, 0.25) is 0 Å². The zero-order valence-corrected chi connectivity index (χ0v) is 11.8. The van der Waals surface area contributed by atoms with Crippen LogP contribution < -0.4 is 19.5 Å². The highest BCUT2D eigenvalue weighted by atomic mass is 16.5. The number of ether oxygens (including phenoxy) is 3. The number of carbonyl (C=O) groups is 1. The van der Waals surface area contributed by atoms with Gasteiger partial charge in [-0.1, -0.05) is 0 Å². The molecule has 0 radical (unpaired) electrons. The number of hydrogen-bond acceptors (Lipinski definition) is 5. The number of aliphatic carboxylic acids is 1. The van der Waals surface area contributed by atoms with Crippen molar-refractivity contribution in [3.05, 3.63) is 17.7 Å². The SMILES string of the molecule is COc1cc(OC)c(C2CCNC2C(=O)O)cc1OC. The van der Waals surface area contributed by atoms with E-state index in [1.807, 2.05) is 0 Å². The van der Waals surface area contributed by atoms with Gasteiger partial charge in [0.05, 0.1) is 21.3 Å². The van der Waals surface area contributed by atoms with Gasteiger partial charge in [0.1, 0.15) is 11.8 Å². The number of carboxylic acids is 1. The van der Waals surface area contributed by atoms with E-state index in [9.17, 15) is 9.90 Å². The second kappa shape index (κ2) is 6.00. The highest BCUT2D eigenvalue weighted by Gasteiger charge is 2.36. The first kappa shape index (κ1) is 14.5. The van der Waals surface area contributed by atoms with Gasteiger partial charge in [-0.3, -0.25) is 4.79 Å². The van der Waals surface area contributed by atoms with E-state index in [-0.39, 0.29) is 5.92 Å². The van der Waals surface area contributed by atoms with Crippen LogP contribution in [-0.4, -0.2) is 45.0 Å². The maximum atomic E-state index is 11.3. The summed E-state index contributed by atoms with van der Waals surface area (Å²) in [6, 6.07) is 2.92. The molecular weight excluding hydrogens is 262 g/mol. The summed E-state index contributed by atoms with van der Waals surface area (Å²) in [6.45, 7) is 0.666. The molecule has 2 unspecified atom stereocenters. The fraction of sp³-hybridized carbons (Fsp3) is 0.500. The molecule has 0 bridgehead atoms. The van der Waals surface area contributed by atoms with Crippen molar-refractivity contribution in [2.24, 2.45) is 0 Å². The Labute approximate surface area is 117 Å². The van der Waals surface area contributed by atoms with Crippen LogP contribution in [0.3, 0.4) is 0 Å². The van der Waals surface area contributed by atoms with Crippen molar-refractivity contribution in [1.29, 1.82) is 0 Å². The normalized spacial score (nSPS) is 21.6. The second-order valence-corrected chi connectivity index (χ2v) is 4.61. The number of methoxy groups -OCH3 is 3. The number of benzene rings is 1. The molecule has 0 amide bonds. The second-order valence-electron chi connectivity index (χ2n) is 4.61. The molecule has 6 nitrogen and oxygen atoms in total. The van der Waals surface area contributed by atoms with E-state index in [0.29, 0.717) is 23.8 Å². The predicted molar refractivity (Wildman–Crippen MR) is 72.9 cm³/mol. The quantitative estimate of drug-likeness (QED) is 0.845. The molecule has 1 heterocycles. The van der Waals surface area contributed by atoms with E-state index < -0.39 is 12.0 Å². The Hall–Kier alpha value is -1.95. The van der Waals surface area contributed by atoms with E-state index in [1.54, 1.807) is 33.5 Å². The highest BCUT2D eigenvalue weighted by Crippen LogP contribution is 2.41. The lowest BCUT2D eigenvalue weighted by atomic mass is 9.90. The van der Waals surface area contributed by atoms with E-state index in [1.165, 1.54) is 0 Å². The molecular formula is C14H19NO5. The Morgan fingerprint density at radius 1 is 1.15 bits per heavy atom. The lowest BCUT2D eigenvalue weighted by Gasteiger charge is -2.20. The summed E-state index contributed by atoms with van der Waals surface area (Å²) in [6.07, 6.45) is 0.739. The lowest BCUT2D eigenvalue weighted by molar-refractivity contribution is -0.139. The molecule has 1 aromatic carbocycles. The van der Waals surface area contributed by atoms with E-state index >= 15 is 0 Å². The summed E-state index contributed by atoms with van der Waals surface area (Å²) in [5.41, 5.74) is 0.822. The van der Waals surface area contributed by atoms with E-state index in [0.717, 1.165) is 12.0 Å². The number of rotatable bonds is 5. The Morgan fingerprint density at radius 3 is 2.30 bits per heavy atom. The van der Waals surface area contributed by atoms with Crippen LogP contribution in [0.1, 0.15) is 17.9 Å². The number of nitrogens with one attached hydrogen (secondary N) is 1. The topological polar surface area (TPSA) is 77.0 Å². The lowest BCUT2D eigenvalue weighted by Crippen LogP contribution is -2.34. The highest BCUT2D eigenvalue weighted by molar-refractivity contribution is 5.76. The molecule has 20 heavy (non-hydrogen) atoms. The number of carboxylic acid groups (broad SMARTS) is 1. The summed E-state index contributed by atoms with van der Waals surface area (Å²) in [5.74, 6) is 0.736. The third-order valence-electron chi connectivity index (χ3n) is 3.62. The third-order valence-corrected chi connectivity index (χ3v) is 3.62. The minimum absolute atomic E-state index is 0.151. The number of hydrogen-bond donors (Lipinski definition) is 2. The van der Waals surface area contributed by atoms with Crippen LogP contribution in [0.4, 0.5) is 0 Å². The zero-order valence-electron chi connectivity index (χ0n) is 11.8. The van der Waals surface area contributed by atoms with Crippen molar-refractivity contribution in [1.82, 2.24) is 5.32 Å². The molecule has 1 aromatic rings. The maximum absolute atomic E-state index is 11.3. The van der Waals surface area contributed by atoms with Crippen LogP contribution in [0.5, 0.6) is 17.2 Å². The van der Waals surface area contributed by atoms with Gasteiger partial charge in [-0.2, -0.15) is 0 Å². The molecule has 1 fully saturated rings. The van der Waals surface area contributed by atoms with Crippen LogP contribution in [0, 0.1) is 0 Å². The van der Waals surface area contributed by atoms with Gasteiger partial charge in [-0.25, -0.2) is 0 Å². The molecule has 0 aromatic heterocycles. The van der Waals surface area contributed by atoms with Gasteiger partial charge >= 0.3 is 5.97 Å². The average molecular weight is 281 g/mol. The Balaban J connectivity index is 2.46. The fourth-order valence-electron chi connectivity index (χ4n) is 2.64. The minimum atomic E-state index is -0.857. The molecule has 0 spiro atoms. The predicted octanol–water partition coefficient (Wildman–Crippen LogP) is 1.24. The van der Waals surface area contributed by atoms with Gasteiger partial charge < -0.3 is 24.6 Å². The molecule has 2 N–H and O–H groups in total. The minimum Gasteiger partial charge on any atom is -0.496 e. The van der Waals surface area contributed by atoms with Crippen LogP contribution in [0.25, 0.3) is 0 Å². The molecule has 6 heteroatoms. The summed E-state index contributed by atoms with van der Waals surface area (Å²) >= 11 is 0.